The summed E-state index contributed by atoms with van der Waals surface area (Å²) in [4.78, 5) is 16.8. The van der Waals surface area contributed by atoms with Crippen molar-refractivity contribution < 1.29 is 4.79 Å². The van der Waals surface area contributed by atoms with Gasteiger partial charge in [0, 0.05) is 25.4 Å². The minimum Gasteiger partial charge on any atom is -0.373 e. The van der Waals surface area contributed by atoms with E-state index in [0.29, 0.717) is 17.2 Å². The van der Waals surface area contributed by atoms with Crippen molar-refractivity contribution in [3.05, 3.63) is 35.5 Å². The van der Waals surface area contributed by atoms with Crippen molar-refractivity contribution >= 4 is 11.7 Å². The number of rotatable bonds is 5. The first kappa shape index (κ1) is 15.0. The van der Waals surface area contributed by atoms with Crippen molar-refractivity contribution in [1.29, 1.82) is 0 Å². The topological polar surface area (TPSA) is 84.7 Å². The van der Waals surface area contributed by atoms with E-state index in [1.807, 2.05) is 20.9 Å². The third-order valence-corrected chi connectivity index (χ3v) is 3.24. The van der Waals surface area contributed by atoms with Crippen molar-refractivity contribution in [3.63, 3.8) is 0 Å². The molecule has 0 radical (unpaired) electrons. The Labute approximate surface area is 123 Å². The zero-order chi connectivity index (χ0) is 15.4. The van der Waals surface area contributed by atoms with Crippen LogP contribution in [0.15, 0.2) is 18.5 Å². The molecule has 0 aliphatic carbocycles. The first-order valence-corrected chi connectivity index (χ1v) is 6.88. The van der Waals surface area contributed by atoms with Crippen LogP contribution in [0.3, 0.4) is 0 Å². The SMILES string of the molecule is CCc1cc(C(=O)NC(C)c2nncn2C)cc(NC)n1. The molecule has 0 aromatic carbocycles. The Hall–Kier alpha value is -2.44. The lowest BCUT2D eigenvalue weighted by molar-refractivity contribution is 0.0937. The Morgan fingerprint density at radius 2 is 2.19 bits per heavy atom. The summed E-state index contributed by atoms with van der Waals surface area (Å²) in [6, 6.07) is 3.32. The Kier molecular flexibility index (Phi) is 4.52. The molecule has 112 valence electrons. The molecule has 21 heavy (non-hydrogen) atoms. The van der Waals surface area contributed by atoms with Crippen LogP contribution < -0.4 is 10.6 Å². The summed E-state index contributed by atoms with van der Waals surface area (Å²) in [7, 11) is 3.63. The first-order chi connectivity index (χ1) is 10.0. The Morgan fingerprint density at radius 3 is 2.76 bits per heavy atom. The van der Waals surface area contributed by atoms with Gasteiger partial charge in [0.1, 0.15) is 12.1 Å². The number of nitrogens with one attached hydrogen (secondary N) is 2. The van der Waals surface area contributed by atoms with Gasteiger partial charge >= 0.3 is 0 Å². The number of hydrogen-bond acceptors (Lipinski definition) is 5. The van der Waals surface area contributed by atoms with Gasteiger partial charge in [-0.25, -0.2) is 4.98 Å². The summed E-state index contributed by atoms with van der Waals surface area (Å²) in [6.07, 6.45) is 2.38. The van der Waals surface area contributed by atoms with Gasteiger partial charge in [-0.2, -0.15) is 0 Å². The molecule has 2 aromatic rings. The highest BCUT2D eigenvalue weighted by molar-refractivity contribution is 5.95. The van der Waals surface area contributed by atoms with Crippen molar-refractivity contribution in [2.45, 2.75) is 26.3 Å². The largest absolute Gasteiger partial charge is 0.373 e. The van der Waals surface area contributed by atoms with Crippen LogP contribution in [0.4, 0.5) is 5.82 Å². The molecule has 2 heterocycles. The Morgan fingerprint density at radius 1 is 1.43 bits per heavy atom. The molecule has 0 bridgehead atoms. The number of hydrogen-bond donors (Lipinski definition) is 2. The molecule has 0 saturated heterocycles. The molecule has 0 aliphatic rings. The Balaban J connectivity index is 2.18. The van der Waals surface area contributed by atoms with E-state index in [-0.39, 0.29) is 11.9 Å². The molecule has 1 atom stereocenters. The number of carbonyl (C=O) groups is 1. The van der Waals surface area contributed by atoms with Crippen molar-refractivity contribution in [2.24, 2.45) is 7.05 Å². The number of pyridine rings is 1. The van der Waals surface area contributed by atoms with Gasteiger partial charge in [-0.15, -0.1) is 10.2 Å². The molecule has 2 N–H and O–H groups in total. The van der Waals surface area contributed by atoms with E-state index in [1.165, 1.54) is 0 Å². The van der Waals surface area contributed by atoms with Crippen LogP contribution in [-0.4, -0.2) is 32.7 Å². The van der Waals surface area contributed by atoms with Gasteiger partial charge in [0.15, 0.2) is 5.82 Å². The second-order valence-corrected chi connectivity index (χ2v) is 4.83. The fourth-order valence-electron chi connectivity index (χ4n) is 2.06. The average molecular weight is 288 g/mol. The van der Waals surface area contributed by atoms with Crippen LogP contribution in [0.5, 0.6) is 0 Å². The molecule has 0 fully saturated rings. The zero-order valence-corrected chi connectivity index (χ0v) is 12.7. The molecular weight excluding hydrogens is 268 g/mol. The summed E-state index contributed by atoms with van der Waals surface area (Å²) in [6.45, 7) is 3.88. The van der Waals surface area contributed by atoms with Crippen molar-refractivity contribution in [3.8, 4) is 0 Å². The highest BCUT2D eigenvalue weighted by Crippen LogP contribution is 2.13. The molecule has 7 nitrogen and oxygen atoms in total. The van der Waals surface area contributed by atoms with Crippen LogP contribution in [0.1, 0.15) is 41.8 Å². The van der Waals surface area contributed by atoms with E-state index in [9.17, 15) is 4.79 Å². The van der Waals surface area contributed by atoms with Crippen LogP contribution in [0.2, 0.25) is 0 Å². The number of nitrogens with zero attached hydrogens (tertiary/aromatic N) is 4. The third kappa shape index (κ3) is 3.36. The number of carbonyl (C=O) groups excluding carboxylic acids is 1. The lowest BCUT2D eigenvalue weighted by atomic mass is 10.1. The standard InChI is InChI=1S/C14H20N6O/c1-5-11-6-10(7-12(15-3)18-11)14(21)17-9(2)13-19-16-8-20(13)4/h6-9H,5H2,1-4H3,(H,15,18)(H,17,21). The van der Waals surface area contributed by atoms with Gasteiger partial charge < -0.3 is 15.2 Å². The quantitative estimate of drug-likeness (QED) is 0.866. The van der Waals surface area contributed by atoms with Crippen molar-refractivity contribution in [1.82, 2.24) is 25.1 Å². The van der Waals surface area contributed by atoms with Gasteiger partial charge in [-0.1, -0.05) is 6.92 Å². The van der Waals surface area contributed by atoms with E-state index in [1.54, 1.807) is 30.1 Å². The molecule has 1 amide bonds. The molecule has 2 aromatic heterocycles. The summed E-state index contributed by atoms with van der Waals surface area (Å²) in [5.41, 5.74) is 1.46. The molecular formula is C14H20N6O. The predicted octanol–water partition coefficient (Wildman–Crippen LogP) is 1.31. The van der Waals surface area contributed by atoms with E-state index in [2.05, 4.69) is 25.8 Å². The normalized spacial score (nSPS) is 12.0. The van der Waals surface area contributed by atoms with Crippen LogP contribution >= 0.6 is 0 Å². The monoisotopic (exact) mass is 288 g/mol. The van der Waals surface area contributed by atoms with E-state index < -0.39 is 0 Å². The second kappa shape index (κ2) is 6.34. The Bertz CT molecular complexity index is 614. The number of anilines is 1. The summed E-state index contributed by atoms with van der Waals surface area (Å²) < 4.78 is 1.79. The maximum Gasteiger partial charge on any atom is 0.252 e. The summed E-state index contributed by atoms with van der Waals surface area (Å²) >= 11 is 0. The molecule has 1 unspecified atom stereocenters. The van der Waals surface area contributed by atoms with Gasteiger partial charge in [0.05, 0.1) is 6.04 Å². The highest BCUT2D eigenvalue weighted by atomic mass is 16.1. The summed E-state index contributed by atoms with van der Waals surface area (Å²) in [5.74, 6) is 1.24. The lowest BCUT2D eigenvalue weighted by Gasteiger charge is -2.14. The van der Waals surface area contributed by atoms with Crippen LogP contribution in [0, 0.1) is 0 Å². The summed E-state index contributed by atoms with van der Waals surface area (Å²) in [5, 5.41) is 13.7. The predicted molar refractivity (Wildman–Crippen MR) is 80.0 cm³/mol. The number of amides is 1. The molecule has 0 spiro atoms. The molecule has 2 rings (SSSR count). The fourth-order valence-corrected chi connectivity index (χ4v) is 2.06. The molecule has 0 saturated carbocycles. The zero-order valence-electron chi connectivity index (χ0n) is 12.7. The minimum atomic E-state index is -0.221. The van der Waals surface area contributed by atoms with E-state index >= 15 is 0 Å². The number of aryl methyl sites for hydroxylation is 2. The van der Waals surface area contributed by atoms with Crippen molar-refractivity contribution in [2.75, 3.05) is 12.4 Å². The van der Waals surface area contributed by atoms with Crippen LogP contribution in [-0.2, 0) is 13.5 Å². The highest BCUT2D eigenvalue weighted by Gasteiger charge is 2.16. The fraction of sp³-hybridized carbons (Fsp3) is 0.429. The smallest absolute Gasteiger partial charge is 0.252 e. The maximum atomic E-state index is 12.4. The van der Waals surface area contributed by atoms with Gasteiger partial charge in [0.25, 0.3) is 5.91 Å². The molecule has 7 heteroatoms. The van der Waals surface area contributed by atoms with Gasteiger partial charge in [-0.05, 0) is 25.5 Å². The lowest BCUT2D eigenvalue weighted by Crippen LogP contribution is -2.28. The van der Waals surface area contributed by atoms with Gasteiger partial charge in [-0.3, -0.25) is 4.79 Å². The number of aromatic nitrogens is 4. The third-order valence-electron chi connectivity index (χ3n) is 3.24. The van der Waals surface area contributed by atoms with Crippen LogP contribution in [0.25, 0.3) is 0 Å². The maximum absolute atomic E-state index is 12.4. The molecule has 0 aliphatic heterocycles. The van der Waals surface area contributed by atoms with E-state index in [0.717, 1.165) is 12.1 Å². The average Bonchev–Trinajstić information content (AvgIpc) is 2.92. The second-order valence-electron chi connectivity index (χ2n) is 4.83. The first-order valence-electron chi connectivity index (χ1n) is 6.88. The minimum absolute atomic E-state index is 0.154. The van der Waals surface area contributed by atoms with E-state index in [4.69, 9.17) is 0 Å². The van der Waals surface area contributed by atoms with Gasteiger partial charge in [0.2, 0.25) is 0 Å².